The lowest BCUT2D eigenvalue weighted by Gasteiger charge is -2.24. The molecule has 0 saturated carbocycles. The number of halogens is 1. The fourth-order valence-electron chi connectivity index (χ4n) is 3.51. The first kappa shape index (κ1) is 21.0. The van der Waals surface area contributed by atoms with Gasteiger partial charge in [-0.2, -0.15) is 0 Å². The fraction of sp³-hybridized carbons (Fsp3) is 0.417. The van der Waals surface area contributed by atoms with Crippen molar-refractivity contribution in [2.45, 2.75) is 53.1 Å². The number of rotatable bonds is 9. The second-order valence-electron chi connectivity index (χ2n) is 7.95. The number of amides is 1. The van der Waals surface area contributed by atoms with Crippen LogP contribution in [0, 0.1) is 11.7 Å². The SMILES string of the molecule is CCCn1c(CN(CCC(C)C)C(=O)Cc2ccccc2)nc2c(F)cccc21. The number of hydrogen-bond donors (Lipinski definition) is 0. The highest BCUT2D eigenvalue weighted by Crippen LogP contribution is 2.21. The standard InChI is InChI=1S/C24H30FN3O/c1-4-14-28-21-12-8-11-20(25)24(21)26-22(28)17-27(15-13-18(2)3)23(29)16-19-9-6-5-7-10-19/h5-12,18H,4,13-17H2,1-3H3. The molecule has 0 bridgehead atoms. The van der Waals surface area contributed by atoms with Crippen LogP contribution >= 0.6 is 0 Å². The van der Waals surface area contributed by atoms with E-state index in [9.17, 15) is 9.18 Å². The van der Waals surface area contributed by atoms with Gasteiger partial charge < -0.3 is 9.47 Å². The first-order valence-corrected chi connectivity index (χ1v) is 10.4. The van der Waals surface area contributed by atoms with Crippen molar-refractivity contribution in [3.05, 3.63) is 65.7 Å². The molecule has 0 aliphatic carbocycles. The number of aromatic nitrogens is 2. The van der Waals surface area contributed by atoms with E-state index in [4.69, 9.17) is 0 Å². The second-order valence-corrected chi connectivity index (χ2v) is 7.95. The predicted octanol–water partition coefficient (Wildman–Crippen LogP) is 5.20. The molecule has 5 heteroatoms. The monoisotopic (exact) mass is 395 g/mol. The second kappa shape index (κ2) is 9.68. The molecule has 0 aliphatic heterocycles. The number of nitrogens with zero attached hydrogens (tertiary/aromatic N) is 3. The average Bonchev–Trinajstić information content (AvgIpc) is 3.05. The van der Waals surface area contributed by atoms with E-state index in [1.54, 1.807) is 6.07 Å². The molecule has 0 aliphatic rings. The van der Waals surface area contributed by atoms with Crippen molar-refractivity contribution in [1.29, 1.82) is 0 Å². The molecule has 3 rings (SSSR count). The van der Waals surface area contributed by atoms with E-state index < -0.39 is 0 Å². The van der Waals surface area contributed by atoms with Crippen LogP contribution in [0.25, 0.3) is 11.0 Å². The van der Waals surface area contributed by atoms with Crippen molar-refractivity contribution < 1.29 is 9.18 Å². The smallest absolute Gasteiger partial charge is 0.227 e. The van der Waals surface area contributed by atoms with Crippen LogP contribution < -0.4 is 0 Å². The van der Waals surface area contributed by atoms with E-state index in [-0.39, 0.29) is 11.7 Å². The predicted molar refractivity (Wildman–Crippen MR) is 115 cm³/mol. The van der Waals surface area contributed by atoms with Gasteiger partial charge in [-0.15, -0.1) is 0 Å². The van der Waals surface area contributed by atoms with Gasteiger partial charge in [-0.25, -0.2) is 9.37 Å². The lowest BCUT2D eigenvalue weighted by Crippen LogP contribution is -2.34. The number of aryl methyl sites for hydroxylation is 1. The molecular formula is C24H30FN3O. The van der Waals surface area contributed by atoms with E-state index in [1.807, 2.05) is 41.3 Å². The van der Waals surface area contributed by atoms with E-state index in [1.165, 1.54) is 6.07 Å². The zero-order valence-corrected chi connectivity index (χ0v) is 17.6. The molecule has 0 saturated heterocycles. The first-order chi connectivity index (χ1) is 14.0. The van der Waals surface area contributed by atoms with Crippen LogP contribution in [0.15, 0.2) is 48.5 Å². The third kappa shape index (κ3) is 5.22. The highest BCUT2D eigenvalue weighted by atomic mass is 19.1. The van der Waals surface area contributed by atoms with Gasteiger partial charge in [-0.05, 0) is 36.5 Å². The van der Waals surface area contributed by atoms with Gasteiger partial charge >= 0.3 is 0 Å². The number of carbonyl (C=O) groups excluding carboxylic acids is 1. The largest absolute Gasteiger partial charge is 0.335 e. The van der Waals surface area contributed by atoms with Crippen molar-refractivity contribution in [1.82, 2.24) is 14.5 Å². The molecule has 154 valence electrons. The minimum Gasteiger partial charge on any atom is -0.335 e. The van der Waals surface area contributed by atoms with Crippen LogP contribution in [0.1, 0.15) is 45.0 Å². The van der Waals surface area contributed by atoms with Crippen molar-refractivity contribution in [2.75, 3.05) is 6.54 Å². The summed E-state index contributed by atoms with van der Waals surface area (Å²) in [6, 6.07) is 14.8. The Morgan fingerprint density at radius 1 is 1.14 bits per heavy atom. The Bertz CT molecular complexity index is 949. The number of hydrogen-bond acceptors (Lipinski definition) is 2. The van der Waals surface area contributed by atoms with Crippen LogP contribution in [0.3, 0.4) is 0 Å². The maximum Gasteiger partial charge on any atom is 0.227 e. The van der Waals surface area contributed by atoms with Gasteiger partial charge in [0.1, 0.15) is 11.3 Å². The van der Waals surface area contributed by atoms with Crippen molar-refractivity contribution in [2.24, 2.45) is 5.92 Å². The molecule has 1 aromatic heterocycles. The van der Waals surface area contributed by atoms with Crippen LogP contribution in [0.5, 0.6) is 0 Å². The molecule has 0 atom stereocenters. The summed E-state index contributed by atoms with van der Waals surface area (Å²) >= 11 is 0. The Kier molecular flexibility index (Phi) is 7.02. The molecule has 0 radical (unpaired) electrons. The molecule has 0 spiro atoms. The minimum atomic E-state index is -0.317. The Morgan fingerprint density at radius 2 is 1.90 bits per heavy atom. The summed E-state index contributed by atoms with van der Waals surface area (Å²) in [6.07, 6.45) is 2.20. The fourth-order valence-corrected chi connectivity index (χ4v) is 3.51. The molecule has 0 N–H and O–H groups in total. The van der Waals surface area contributed by atoms with Crippen LogP contribution in [0.2, 0.25) is 0 Å². The Balaban J connectivity index is 1.89. The summed E-state index contributed by atoms with van der Waals surface area (Å²) in [7, 11) is 0. The molecule has 2 aromatic carbocycles. The third-order valence-corrected chi connectivity index (χ3v) is 5.12. The van der Waals surface area contributed by atoms with Gasteiger partial charge in [0.05, 0.1) is 18.5 Å². The van der Waals surface area contributed by atoms with Gasteiger partial charge in [0.25, 0.3) is 0 Å². The van der Waals surface area contributed by atoms with Crippen molar-refractivity contribution >= 4 is 16.9 Å². The number of carbonyl (C=O) groups is 1. The Morgan fingerprint density at radius 3 is 2.59 bits per heavy atom. The molecule has 1 amide bonds. The molecule has 4 nitrogen and oxygen atoms in total. The average molecular weight is 396 g/mol. The summed E-state index contributed by atoms with van der Waals surface area (Å²) in [6.45, 7) is 8.21. The lowest BCUT2D eigenvalue weighted by molar-refractivity contribution is -0.131. The van der Waals surface area contributed by atoms with Gasteiger partial charge in [0.2, 0.25) is 5.91 Å². The molecule has 1 heterocycles. The topological polar surface area (TPSA) is 38.1 Å². The minimum absolute atomic E-state index is 0.0763. The van der Waals surface area contributed by atoms with Crippen LogP contribution in [-0.4, -0.2) is 26.9 Å². The lowest BCUT2D eigenvalue weighted by atomic mass is 10.1. The highest BCUT2D eigenvalue weighted by Gasteiger charge is 2.20. The number of para-hydroxylation sites is 1. The molecule has 29 heavy (non-hydrogen) atoms. The molecule has 0 unspecified atom stereocenters. The number of imidazole rings is 1. The van der Waals surface area contributed by atoms with Gasteiger partial charge in [0.15, 0.2) is 5.82 Å². The summed E-state index contributed by atoms with van der Waals surface area (Å²) in [5.74, 6) is 1.00. The normalized spacial score (nSPS) is 11.3. The van der Waals surface area contributed by atoms with Crippen molar-refractivity contribution in [3.63, 3.8) is 0 Å². The zero-order valence-electron chi connectivity index (χ0n) is 17.6. The van der Waals surface area contributed by atoms with Gasteiger partial charge in [-0.3, -0.25) is 4.79 Å². The summed E-state index contributed by atoms with van der Waals surface area (Å²) in [4.78, 5) is 19.6. The summed E-state index contributed by atoms with van der Waals surface area (Å²) < 4.78 is 16.4. The van der Waals surface area contributed by atoms with Gasteiger partial charge in [-0.1, -0.05) is 57.2 Å². The Hall–Kier alpha value is -2.69. The Labute approximate surface area is 172 Å². The molecule has 0 fully saturated rings. The third-order valence-electron chi connectivity index (χ3n) is 5.12. The number of fused-ring (bicyclic) bond motifs is 1. The van der Waals surface area contributed by atoms with Crippen LogP contribution in [-0.2, 0) is 24.3 Å². The van der Waals surface area contributed by atoms with Crippen LogP contribution in [0.4, 0.5) is 4.39 Å². The highest BCUT2D eigenvalue weighted by molar-refractivity contribution is 5.79. The van der Waals surface area contributed by atoms with Crippen molar-refractivity contribution in [3.8, 4) is 0 Å². The first-order valence-electron chi connectivity index (χ1n) is 10.4. The molecular weight excluding hydrogens is 365 g/mol. The van der Waals surface area contributed by atoms with E-state index >= 15 is 0 Å². The van der Waals surface area contributed by atoms with E-state index in [2.05, 4.69) is 30.3 Å². The maximum absolute atomic E-state index is 14.3. The maximum atomic E-state index is 14.3. The van der Waals surface area contributed by atoms with Gasteiger partial charge in [0, 0.05) is 13.1 Å². The van der Waals surface area contributed by atoms with E-state index in [0.717, 1.165) is 36.3 Å². The number of benzene rings is 2. The van der Waals surface area contributed by atoms with E-state index in [0.29, 0.717) is 30.9 Å². The quantitative estimate of drug-likeness (QED) is 0.499. The molecule has 3 aromatic rings. The summed E-state index contributed by atoms with van der Waals surface area (Å²) in [5.41, 5.74) is 2.18. The summed E-state index contributed by atoms with van der Waals surface area (Å²) in [5, 5.41) is 0. The zero-order chi connectivity index (χ0) is 20.8.